The predicted octanol–water partition coefficient (Wildman–Crippen LogP) is 4.07. The molecule has 0 saturated carbocycles. The molecule has 0 aliphatic carbocycles. The third kappa shape index (κ3) is 2.71. The zero-order valence-corrected chi connectivity index (χ0v) is 10.8. The van der Waals surface area contributed by atoms with Gasteiger partial charge in [-0.25, -0.2) is 0 Å². The molecule has 2 rings (SSSR count). The minimum Gasteiger partial charge on any atom is -0.321 e. The first-order valence-electron chi connectivity index (χ1n) is 5.72. The van der Waals surface area contributed by atoms with E-state index in [1.807, 2.05) is 60.7 Å². The maximum atomic E-state index is 11.4. The van der Waals surface area contributed by atoms with Gasteiger partial charge in [0.05, 0.1) is 6.04 Å². The highest BCUT2D eigenvalue weighted by Gasteiger charge is 2.21. The van der Waals surface area contributed by atoms with Gasteiger partial charge in [0.2, 0.25) is 0 Å². The summed E-state index contributed by atoms with van der Waals surface area (Å²) in [6.45, 7) is 0. The zero-order valence-electron chi connectivity index (χ0n) is 10.1. The van der Waals surface area contributed by atoms with Gasteiger partial charge in [0.15, 0.2) is 0 Å². The average molecular weight is 260 g/mol. The van der Waals surface area contributed by atoms with E-state index in [1.54, 1.807) is 7.05 Å². The summed E-state index contributed by atoms with van der Waals surface area (Å²) in [5.41, 5.74) is 2.08. The van der Waals surface area contributed by atoms with Gasteiger partial charge < -0.3 is 4.90 Å². The molecule has 0 atom stereocenters. The summed E-state index contributed by atoms with van der Waals surface area (Å²) in [6.07, 6.45) is 0. The standard InChI is InChI=1S/C15H14ClNO/c1-17(15(16)18)14(12-8-4-2-5-9-12)13-10-6-3-7-11-13/h2-11,14H,1H3. The lowest BCUT2D eigenvalue weighted by molar-refractivity contribution is 0.222. The van der Waals surface area contributed by atoms with E-state index >= 15 is 0 Å². The number of carbonyl (C=O) groups excluding carboxylic acids is 1. The largest absolute Gasteiger partial charge is 0.321 e. The van der Waals surface area contributed by atoms with Crippen LogP contribution < -0.4 is 0 Å². The molecule has 0 saturated heterocycles. The summed E-state index contributed by atoms with van der Waals surface area (Å²) in [5, 5.41) is -0.465. The number of rotatable bonds is 3. The SMILES string of the molecule is CN(C(=O)Cl)C(c1ccccc1)c1ccccc1. The number of carbonyl (C=O) groups is 1. The van der Waals surface area contributed by atoms with Crippen molar-refractivity contribution in [3.63, 3.8) is 0 Å². The summed E-state index contributed by atoms with van der Waals surface area (Å²) in [4.78, 5) is 13.0. The van der Waals surface area contributed by atoms with Crippen LogP contribution in [0.3, 0.4) is 0 Å². The average Bonchev–Trinajstić information content (AvgIpc) is 2.41. The Bertz CT molecular complexity index is 473. The molecule has 0 aromatic heterocycles. The number of nitrogens with zero attached hydrogens (tertiary/aromatic N) is 1. The Hall–Kier alpha value is -1.80. The molecule has 0 aliphatic heterocycles. The second kappa shape index (κ2) is 5.69. The Morgan fingerprint density at radius 3 is 1.67 bits per heavy atom. The topological polar surface area (TPSA) is 20.3 Å². The first-order valence-corrected chi connectivity index (χ1v) is 6.10. The monoisotopic (exact) mass is 259 g/mol. The lowest BCUT2D eigenvalue weighted by Gasteiger charge is -2.27. The van der Waals surface area contributed by atoms with Crippen molar-refractivity contribution in [2.75, 3.05) is 7.05 Å². The van der Waals surface area contributed by atoms with Crippen molar-refractivity contribution in [2.24, 2.45) is 0 Å². The third-order valence-corrected chi connectivity index (χ3v) is 3.16. The van der Waals surface area contributed by atoms with Crippen molar-refractivity contribution in [1.82, 2.24) is 4.90 Å². The molecule has 0 unspecified atom stereocenters. The third-order valence-electron chi connectivity index (χ3n) is 2.90. The van der Waals surface area contributed by atoms with Crippen molar-refractivity contribution in [3.8, 4) is 0 Å². The van der Waals surface area contributed by atoms with Crippen LogP contribution in [0.2, 0.25) is 0 Å². The highest BCUT2D eigenvalue weighted by molar-refractivity contribution is 6.62. The van der Waals surface area contributed by atoms with Crippen molar-refractivity contribution >= 4 is 17.0 Å². The van der Waals surface area contributed by atoms with Crippen LogP contribution >= 0.6 is 11.6 Å². The molecule has 2 aromatic carbocycles. The summed E-state index contributed by atoms with van der Waals surface area (Å²) < 4.78 is 0. The summed E-state index contributed by atoms with van der Waals surface area (Å²) >= 11 is 5.61. The maximum absolute atomic E-state index is 11.4. The van der Waals surface area contributed by atoms with E-state index in [4.69, 9.17) is 11.6 Å². The van der Waals surface area contributed by atoms with Crippen LogP contribution in [0, 0.1) is 0 Å². The van der Waals surface area contributed by atoms with E-state index in [9.17, 15) is 4.79 Å². The van der Waals surface area contributed by atoms with Gasteiger partial charge in [-0.1, -0.05) is 60.7 Å². The molecule has 0 heterocycles. The lowest BCUT2D eigenvalue weighted by atomic mass is 9.98. The lowest BCUT2D eigenvalue weighted by Crippen LogP contribution is -2.27. The van der Waals surface area contributed by atoms with Gasteiger partial charge in [-0.05, 0) is 22.7 Å². The quantitative estimate of drug-likeness (QED) is 0.601. The second-order valence-electron chi connectivity index (χ2n) is 4.09. The highest BCUT2D eigenvalue weighted by Crippen LogP contribution is 2.28. The predicted molar refractivity (Wildman–Crippen MR) is 73.7 cm³/mol. The molecule has 2 aromatic rings. The second-order valence-corrected chi connectivity index (χ2v) is 4.41. The molecule has 0 N–H and O–H groups in total. The van der Waals surface area contributed by atoms with Crippen LogP contribution in [0.1, 0.15) is 17.2 Å². The van der Waals surface area contributed by atoms with Crippen molar-refractivity contribution in [1.29, 1.82) is 0 Å². The van der Waals surface area contributed by atoms with Gasteiger partial charge in [0.25, 0.3) is 0 Å². The molecule has 1 amide bonds. The minimum atomic E-state index is -0.465. The number of hydrogen-bond donors (Lipinski definition) is 0. The fourth-order valence-electron chi connectivity index (χ4n) is 2.01. The number of benzene rings is 2. The molecule has 0 spiro atoms. The molecule has 0 bridgehead atoms. The van der Waals surface area contributed by atoms with Gasteiger partial charge in [0.1, 0.15) is 0 Å². The van der Waals surface area contributed by atoms with E-state index in [0.717, 1.165) is 11.1 Å². The van der Waals surface area contributed by atoms with E-state index in [2.05, 4.69) is 0 Å². The Morgan fingerprint density at radius 2 is 1.33 bits per heavy atom. The Morgan fingerprint density at radius 1 is 0.944 bits per heavy atom. The van der Waals surface area contributed by atoms with Gasteiger partial charge in [-0.3, -0.25) is 4.79 Å². The number of amides is 1. The fraction of sp³-hybridized carbons (Fsp3) is 0.133. The van der Waals surface area contributed by atoms with E-state index in [1.165, 1.54) is 4.90 Å². The smallest absolute Gasteiger partial charge is 0.316 e. The molecule has 3 heteroatoms. The molecule has 0 radical (unpaired) electrons. The van der Waals surface area contributed by atoms with Crippen LogP contribution in [-0.4, -0.2) is 17.3 Å². The van der Waals surface area contributed by atoms with Gasteiger partial charge >= 0.3 is 5.37 Å². The Labute approximate surface area is 112 Å². The highest BCUT2D eigenvalue weighted by atomic mass is 35.5. The van der Waals surface area contributed by atoms with Gasteiger partial charge in [0, 0.05) is 7.05 Å². The van der Waals surface area contributed by atoms with Crippen molar-refractivity contribution < 1.29 is 4.79 Å². The molecule has 2 nitrogen and oxygen atoms in total. The zero-order chi connectivity index (χ0) is 13.0. The summed E-state index contributed by atoms with van der Waals surface area (Å²) in [6, 6.07) is 19.6. The van der Waals surface area contributed by atoms with Gasteiger partial charge in [-0.2, -0.15) is 0 Å². The van der Waals surface area contributed by atoms with Crippen molar-refractivity contribution in [2.45, 2.75) is 6.04 Å². The van der Waals surface area contributed by atoms with E-state index < -0.39 is 5.37 Å². The van der Waals surface area contributed by atoms with Gasteiger partial charge in [-0.15, -0.1) is 0 Å². The normalized spacial score (nSPS) is 10.4. The fourth-order valence-corrected chi connectivity index (χ4v) is 2.11. The Kier molecular flexibility index (Phi) is 4.00. The van der Waals surface area contributed by atoms with Crippen LogP contribution in [0.5, 0.6) is 0 Å². The molecular weight excluding hydrogens is 246 g/mol. The molecule has 18 heavy (non-hydrogen) atoms. The Balaban J connectivity index is 2.45. The minimum absolute atomic E-state index is 0.155. The number of halogens is 1. The number of hydrogen-bond acceptors (Lipinski definition) is 1. The summed E-state index contributed by atoms with van der Waals surface area (Å²) in [5.74, 6) is 0. The van der Waals surface area contributed by atoms with Crippen LogP contribution in [0.25, 0.3) is 0 Å². The van der Waals surface area contributed by atoms with E-state index in [0.29, 0.717) is 0 Å². The van der Waals surface area contributed by atoms with Crippen molar-refractivity contribution in [3.05, 3.63) is 71.8 Å². The molecule has 92 valence electrons. The first kappa shape index (κ1) is 12.7. The summed E-state index contributed by atoms with van der Waals surface area (Å²) in [7, 11) is 1.71. The first-order chi connectivity index (χ1) is 8.70. The van der Waals surface area contributed by atoms with E-state index in [-0.39, 0.29) is 6.04 Å². The van der Waals surface area contributed by atoms with Crippen LogP contribution in [0.15, 0.2) is 60.7 Å². The maximum Gasteiger partial charge on any atom is 0.316 e. The molecule has 0 fully saturated rings. The molecular formula is C15H14ClNO. The molecule has 0 aliphatic rings. The van der Waals surface area contributed by atoms with Crippen LogP contribution in [-0.2, 0) is 0 Å². The van der Waals surface area contributed by atoms with Crippen LogP contribution in [0.4, 0.5) is 4.79 Å².